The molecule has 0 bridgehead atoms. The van der Waals surface area contributed by atoms with E-state index in [2.05, 4.69) is 5.32 Å². The van der Waals surface area contributed by atoms with E-state index in [0.717, 1.165) is 21.3 Å². The van der Waals surface area contributed by atoms with Gasteiger partial charge in [-0.25, -0.2) is 13.8 Å². The first-order valence-corrected chi connectivity index (χ1v) is 12.2. The van der Waals surface area contributed by atoms with Gasteiger partial charge in [-0.05, 0) is 52.4 Å². The first kappa shape index (κ1) is 23.4. The molecule has 5 rings (SSSR count). The van der Waals surface area contributed by atoms with Crippen LogP contribution >= 0.6 is 11.3 Å². The molecular formula is C28H22FN3O3S. The summed E-state index contributed by atoms with van der Waals surface area (Å²) in [7, 11) is 0. The van der Waals surface area contributed by atoms with Crippen LogP contribution in [-0.2, 0) is 24.3 Å². The maximum Gasteiger partial charge on any atom is 0.336 e. The number of hydrogen-bond acceptors (Lipinski definition) is 4. The molecule has 180 valence electrons. The molecule has 5 aromatic rings. The summed E-state index contributed by atoms with van der Waals surface area (Å²) < 4.78 is 16.5. The zero-order valence-corrected chi connectivity index (χ0v) is 20.0. The fourth-order valence-corrected chi connectivity index (χ4v) is 4.87. The number of hydrogen-bond donors (Lipinski definition) is 1. The van der Waals surface area contributed by atoms with Crippen molar-refractivity contribution in [3.05, 3.63) is 134 Å². The Morgan fingerprint density at radius 1 is 0.833 bits per heavy atom. The van der Waals surface area contributed by atoms with Crippen LogP contribution in [0.1, 0.15) is 16.7 Å². The first-order chi connectivity index (χ1) is 17.5. The van der Waals surface area contributed by atoms with Crippen LogP contribution in [0, 0.1) is 5.82 Å². The fourth-order valence-electron chi connectivity index (χ4n) is 4.05. The molecule has 0 aliphatic heterocycles. The van der Waals surface area contributed by atoms with E-state index in [4.69, 9.17) is 0 Å². The predicted octanol–water partition coefficient (Wildman–Crippen LogP) is 4.26. The van der Waals surface area contributed by atoms with Gasteiger partial charge in [0.2, 0.25) is 5.91 Å². The minimum Gasteiger partial charge on any atom is -0.352 e. The van der Waals surface area contributed by atoms with E-state index in [-0.39, 0.29) is 24.7 Å². The lowest BCUT2D eigenvalue weighted by atomic mass is 10.1. The highest BCUT2D eigenvalue weighted by Gasteiger charge is 2.16. The van der Waals surface area contributed by atoms with Crippen LogP contribution in [-0.4, -0.2) is 15.0 Å². The molecular weight excluding hydrogens is 477 g/mol. The number of carbonyl (C=O) groups is 1. The summed E-state index contributed by atoms with van der Waals surface area (Å²) in [4.78, 5) is 39.0. The number of carbonyl (C=O) groups excluding carboxylic acids is 1. The molecule has 2 heterocycles. The van der Waals surface area contributed by atoms with Crippen LogP contribution in [0.4, 0.5) is 4.39 Å². The Balaban J connectivity index is 1.41. The third-order valence-electron chi connectivity index (χ3n) is 5.90. The van der Waals surface area contributed by atoms with E-state index in [1.54, 1.807) is 47.8 Å². The summed E-state index contributed by atoms with van der Waals surface area (Å²) in [5.41, 5.74) is 2.61. The maximum atomic E-state index is 13.4. The van der Waals surface area contributed by atoms with Gasteiger partial charge in [-0.15, -0.1) is 11.3 Å². The number of nitrogens with one attached hydrogen (secondary N) is 1. The lowest BCUT2D eigenvalue weighted by Gasteiger charge is -2.13. The first-order valence-electron chi connectivity index (χ1n) is 11.4. The molecule has 0 aliphatic carbocycles. The highest BCUT2D eigenvalue weighted by atomic mass is 32.1. The second kappa shape index (κ2) is 10.1. The molecule has 36 heavy (non-hydrogen) atoms. The van der Waals surface area contributed by atoms with Crippen molar-refractivity contribution >= 4 is 27.5 Å². The third kappa shape index (κ3) is 4.89. The van der Waals surface area contributed by atoms with Crippen molar-refractivity contribution < 1.29 is 9.18 Å². The quantitative estimate of drug-likeness (QED) is 0.364. The second-order valence-electron chi connectivity index (χ2n) is 8.38. The SMILES string of the molecule is O=C(Cc1ccc(-n2c(=O)c3sccc3n(Cc3ccc(F)cc3)c2=O)cc1)NCc1ccccc1. The molecule has 8 heteroatoms. The smallest absolute Gasteiger partial charge is 0.336 e. The average Bonchev–Trinajstić information content (AvgIpc) is 3.38. The molecule has 0 aliphatic rings. The fraction of sp³-hybridized carbons (Fsp3) is 0.107. The molecule has 0 unspecified atom stereocenters. The van der Waals surface area contributed by atoms with Crippen molar-refractivity contribution in [1.29, 1.82) is 0 Å². The number of nitrogens with zero attached hydrogens (tertiary/aromatic N) is 2. The van der Waals surface area contributed by atoms with Gasteiger partial charge < -0.3 is 5.32 Å². The van der Waals surface area contributed by atoms with Crippen LogP contribution in [0.15, 0.2) is 99.9 Å². The van der Waals surface area contributed by atoms with Crippen molar-refractivity contribution in [1.82, 2.24) is 14.5 Å². The summed E-state index contributed by atoms with van der Waals surface area (Å²) in [6.45, 7) is 0.647. The molecule has 0 spiro atoms. The molecule has 1 amide bonds. The summed E-state index contributed by atoms with van der Waals surface area (Å²) in [5, 5.41) is 4.67. The predicted molar refractivity (Wildman–Crippen MR) is 139 cm³/mol. The van der Waals surface area contributed by atoms with Crippen molar-refractivity contribution in [2.45, 2.75) is 19.5 Å². The standard InChI is InChI=1S/C28H22FN3O3S/c29-22-10-6-21(7-11-22)18-31-24-14-15-36-26(24)27(34)32(28(31)35)23-12-8-19(9-13-23)16-25(33)30-17-20-4-2-1-3-5-20/h1-15H,16-18H2,(H,30,33). The van der Waals surface area contributed by atoms with Crippen molar-refractivity contribution in [2.75, 3.05) is 0 Å². The van der Waals surface area contributed by atoms with Gasteiger partial charge in [-0.2, -0.15) is 0 Å². The Morgan fingerprint density at radius 3 is 2.25 bits per heavy atom. The molecule has 1 N–H and O–H groups in total. The number of rotatable bonds is 7. The number of halogens is 1. The molecule has 3 aromatic carbocycles. The van der Waals surface area contributed by atoms with Crippen molar-refractivity contribution in [2.24, 2.45) is 0 Å². The molecule has 0 fully saturated rings. The van der Waals surface area contributed by atoms with Crippen LogP contribution in [0.2, 0.25) is 0 Å². The summed E-state index contributed by atoms with van der Waals surface area (Å²) in [5.74, 6) is -0.476. The van der Waals surface area contributed by atoms with Gasteiger partial charge in [0, 0.05) is 6.54 Å². The molecule has 0 saturated heterocycles. The topological polar surface area (TPSA) is 73.1 Å². The van der Waals surface area contributed by atoms with Gasteiger partial charge in [0.15, 0.2) is 0 Å². The molecule has 6 nitrogen and oxygen atoms in total. The summed E-state index contributed by atoms with van der Waals surface area (Å²) in [6, 6.07) is 24.1. The molecule has 0 atom stereocenters. The largest absolute Gasteiger partial charge is 0.352 e. The van der Waals surface area contributed by atoms with Gasteiger partial charge in [0.05, 0.1) is 24.2 Å². The van der Waals surface area contributed by atoms with Gasteiger partial charge in [-0.3, -0.25) is 14.2 Å². The third-order valence-corrected chi connectivity index (χ3v) is 6.79. The average molecular weight is 500 g/mol. The summed E-state index contributed by atoms with van der Waals surface area (Å²) >= 11 is 1.27. The number of thiophene rings is 1. The van der Waals surface area contributed by atoms with E-state index in [1.807, 2.05) is 30.3 Å². The maximum absolute atomic E-state index is 13.4. The van der Waals surface area contributed by atoms with Crippen molar-refractivity contribution in [3.63, 3.8) is 0 Å². The zero-order chi connectivity index (χ0) is 25.1. The van der Waals surface area contributed by atoms with Gasteiger partial charge >= 0.3 is 5.69 Å². The number of benzene rings is 3. The van der Waals surface area contributed by atoms with Gasteiger partial charge in [-0.1, -0.05) is 54.6 Å². The Kier molecular flexibility index (Phi) is 6.60. The number of aromatic nitrogens is 2. The minimum absolute atomic E-state index is 0.120. The van der Waals surface area contributed by atoms with E-state index < -0.39 is 11.2 Å². The second-order valence-corrected chi connectivity index (χ2v) is 9.29. The minimum atomic E-state index is -0.483. The monoisotopic (exact) mass is 499 g/mol. The van der Waals surface area contributed by atoms with Gasteiger partial charge in [0.25, 0.3) is 5.56 Å². The van der Waals surface area contributed by atoms with E-state index in [1.165, 1.54) is 28.0 Å². The normalized spacial score (nSPS) is 11.0. The molecule has 0 radical (unpaired) electrons. The number of fused-ring (bicyclic) bond motifs is 1. The Hall–Kier alpha value is -4.30. The molecule has 2 aromatic heterocycles. The number of amides is 1. The van der Waals surface area contributed by atoms with Gasteiger partial charge in [0.1, 0.15) is 10.5 Å². The Labute approximate surface area is 209 Å². The highest BCUT2D eigenvalue weighted by Crippen LogP contribution is 2.18. The van der Waals surface area contributed by atoms with E-state index >= 15 is 0 Å². The Bertz CT molecular complexity index is 1640. The van der Waals surface area contributed by atoms with E-state index in [9.17, 15) is 18.8 Å². The zero-order valence-electron chi connectivity index (χ0n) is 19.2. The van der Waals surface area contributed by atoms with Crippen LogP contribution < -0.4 is 16.6 Å². The van der Waals surface area contributed by atoms with Crippen LogP contribution in [0.3, 0.4) is 0 Å². The van der Waals surface area contributed by atoms with E-state index in [0.29, 0.717) is 22.4 Å². The Morgan fingerprint density at radius 2 is 1.53 bits per heavy atom. The van der Waals surface area contributed by atoms with Crippen LogP contribution in [0.25, 0.3) is 15.9 Å². The lowest BCUT2D eigenvalue weighted by Crippen LogP contribution is -2.38. The van der Waals surface area contributed by atoms with Crippen LogP contribution in [0.5, 0.6) is 0 Å². The summed E-state index contributed by atoms with van der Waals surface area (Å²) in [6.07, 6.45) is 0.181. The van der Waals surface area contributed by atoms with Crippen molar-refractivity contribution in [3.8, 4) is 5.69 Å². The highest BCUT2D eigenvalue weighted by molar-refractivity contribution is 7.17. The lowest BCUT2D eigenvalue weighted by molar-refractivity contribution is -0.120. The molecule has 0 saturated carbocycles.